The molecule has 126 valence electrons. The summed E-state index contributed by atoms with van der Waals surface area (Å²) in [6, 6.07) is 0. The SMILES string of the molecule is CC(C)C(C)CC(C)(C)NC(=O)C(C)(C)C(C)(C)C(C)C. The van der Waals surface area contributed by atoms with E-state index < -0.39 is 0 Å². The van der Waals surface area contributed by atoms with E-state index in [9.17, 15) is 4.79 Å². The van der Waals surface area contributed by atoms with Crippen molar-refractivity contribution in [2.45, 2.75) is 88.1 Å². The van der Waals surface area contributed by atoms with Crippen molar-refractivity contribution in [1.82, 2.24) is 5.32 Å². The van der Waals surface area contributed by atoms with Gasteiger partial charge in [0, 0.05) is 11.0 Å². The van der Waals surface area contributed by atoms with Gasteiger partial charge in [0.2, 0.25) is 5.91 Å². The van der Waals surface area contributed by atoms with Gasteiger partial charge in [-0.05, 0) is 43.4 Å². The normalized spacial score (nSPS) is 15.5. The fourth-order valence-corrected chi connectivity index (χ4v) is 2.57. The van der Waals surface area contributed by atoms with Crippen LogP contribution in [0.2, 0.25) is 0 Å². The first kappa shape index (κ1) is 20.5. The number of amides is 1. The molecule has 21 heavy (non-hydrogen) atoms. The van der Waals surface area contributed by atoms with Crippen LogP contribution in [0.4, 0.5) is 0 Å². The van der Waals surface area contributed by atoms with Crippen molar-refractivity contribution in [2.24, 2.45) is 28.6 Å². The number of rotatable bonds is 7. The summed E-state index contributed by atoms with van der Waals surface area (Å²) in [7, 11) is 0. The molecule has 0 spiro atoms. The molecule has 0 fully saturated rings. The van der Waals surface area contributed by atoms with E-state index >= 15 is 0 Å². The second kappa shape index (κ2) is 6.71. The van der Waals surface area contributed by atoms with Crippen LogP contribution in [0, 0.1) is 28.6 Å². The molecule has 0 aromatic carbocycles. The van der Waals surface area contributed by atoms with E-state index in [1.165, 1.54) is 0 Å². The first-order valence-corrected chi connectivity index (χ1v) is 8.47. The molecule has 1 N–H and O–H groups in total. The van der Waals surface area contributed by atoms with Crippen molar-refractivity contribution in [1.29, 1.82) is 0 Å². The van der Waals surface area contributed by atoms with Gasteiger partial charge in [-0.25, -0.2) is 0 Å². The Morgan fingerprint density at radius 2 is 1.33 bits per heavy atom. The fraction of sp³-hybridized carbons (Fsp3) is 0.947. The first-order chi connectivity index (χ1) is 9.15. The third-order valence-corrected chi connectivity index (χ3v) is 6.04. The van der Waals surface area contributed by atoms with Gasteiger partial charge >= 0.3 is 0 Å². The van der Waals surface area contributed by atoms with Crippen molar-refractivity contribution in [3.63, 3.8) is 0 Å². The summed E-state index contributed by atoms with van der Waals surface area (Å²) >= 11 is 0. The molecule has 1 atom stereocenters. The van der Waals surface area contributed by atoms with E-state index in [0.717, 1.165) is 6.42 Å². The molecule has 0 aliphatic rings. The summed E-state index contributed by atoms with van der Waals surface area (Å²) in [5.41, 5.74) is -0.596. The van der Waals surface area contributed by atoms with E-state index in [-0.39, 0.29) is 22.3 Å². The maximum absolute atomic E-state index is 12.9. The van der Waals surface area contributed by atoms with Crippen LogP contribution in [0.3, 0.4) is 0 Å². The summed E-state index contributed by atoms with van der Waals surface area (Å²) in [4.78, 5) is 12.9. The predicted octanol–water partition coefficient (Wildman–Crippen LogP) is 5.27. The summed E-state index contributed by atoms with van der Waals surface area (Å²) in [5.74, 6) is 1.86. The van der Waals surface area contributed by atoms with Gasteiger partial charge in [-0.15, -0.1) is 0 Å². The van der Waals surface area contributed by atoms with Gasteiger partial charge in [0.25, 0.3) is 0 Å². The Balaban J connectivity index is 5.03. The molecule has 0 heterocycles. The topological polar surface area (TPSA) is 29.1 Å². The Morgan fingerprint density at radius 1 is 0.905 bits per heavy atom. The largest absolute Gasteiger partial charge is 0.351 e. The van der Waals surface area contributed by atoms with Crippen LogP contribution in [0.25, 0.3) is 0 Å². The molecule has 0 radical (unpaired) electrons. The van der Waals surface area contributed by atoms with E-state index in [0.29, 0.717) is 17.8 Å². The summed E-state index contributed by atoms with van der Waals surface area (Å²) in [6.45, 7) is 24.0. The molecule has 0 saturated carbocycles. The maximum Gasteiger partial charge on any atom is 0.226 e. The lowest BCUT2D eigenvalue weighted by molar-refractivity contribution is -0.139. The predicted molar refractivity (Wildman–Crippen MR) is 93.2 cm³/mol. The minimum Gasteiger partial charge on any atom is -0.351 e. The highest BCUT2D eigenvalue weighted by Crippen LogP contribution is 2.44. The highest BCUT2D eigenvalue weighted by atomic mass is 16.2. The second-order valence-electron chi connectivity index (χ2n) is 9.26. The van der Waals surface area contributed by atoms with Crippen LogP contribution in [-0.4, -0.2) is 11.4 Å². The van der Waals surface area contributed by atoms with Crippen molar-refractivity contribution in [2.75, 3.05) is 0 Å². The molecule has 0 saturated heterocycles. The van der Waals surface area contributed by atoms with Gasteiger partial charge in [-0.3, -0.25) is 4.79 Å². The smallest absolute Gasteiger partial charge is 0.226 e. The van der Waals surface area contributed by atoms with Crippen molar-refractivity contribution in [3.05, 3.63) is 0 Å². The third kappa shape index (κ3) is 5.00. The molecule has 2 heteroatoms. The van der Waals surface area contributed by atoms with Gasteiger partial charge in [-0.1, -0.05) is 62.3 Å². The van der Waals surface area contributed by atoms with Crippen LogP contribution in [0.15, 0.2) is 0 Å². The molecule has 1 unspecified atom stereocenters. The quantitative estimate of drug-likeness (QED) is 0.681. The third-order valence-electron chi connectivity index (χ3n) is 6.04. The monoisotopic (exact) mass is 297 g/mol. The minimum absolute atomic E-state index is 0.0448. The van der Waals surface area contributed by atoms with Crippen LogP contribution in [-0.2, 0) is 4.79 Å². The van der Waals surface area contributed by atoms with Crippen LogP contribution >= 0.6 is 0 Å². The number of hydrogen-bond donors (Lipinski definition) is 1. The summed E-state index contributed by atoms with van der Waals surface area (Å²) in [5, 5.41) is 3.30. The zero-order valence-corrected chi connectivity index (χ0v) is 16.3. The number of carbonyl (C=O) groups excluding carboxylic acids is 1. The van der Waals surface area contributed by atoms with Crippen LogP contribution < -0.4 is 5.32 Å². The molecule has 2 nitrogen and oxygen atoms in total. The van der Waals surface area contributed by atoms with E-state index in [2.05, 4.69) is 81.5 Å². The van der Waals surface area contributed by atoms with Crippen molar-refractivity contribution in [3.8, 4) is 0 Å². The lowest BCUT2D eigenvalue weighted by Crippen LogP contribution is -2.55. The average Bonchev–Trinajstić information content (AvgIpc) is 2.26. The number of carbonyl (C=O) groups is 1. The van der Waals surface area contributed by atoms with E-state index in [1.54, 1.807) is 0 Å². The maximum atomic E-state index is 12.9. The van der Waals surface area contributed by atoms with Gasteiger partial charge in [0.1, 0.15) is 0 Å². The Labute approximate surface area is 133 Å². The first-order valence-electron chi connectivity index (χ1n) is 8.47. The molecule has 0 aromatic rings. The van der Waals surface area contributed by atoms with Gasteiger partial charge in [0.15, 0.2) is 0 Å². The standard InChI is InChI=1S/C19H39NO/c1-13(2)15(5)12-17(6,7)20-16(21)19(10,11)18(8,9)14(3)4/h13-15H,12H2,1-11H3,(H,20,21). The lowest BCUT2D eigenvalue weighted by atomic mass is 9.61. The molecule has 0 bridgehead atoms. The minimum atomic E-state index is -0.389. The van der Waals surface area contributed by atoms with Gasteiger partial charge < -0.3 is 5.32 Å². The van der Waals surface area contributed by atoms with E-state index in [1.807, 2.05) is 0 Å². The summed E-state index contributed by atoms with van der Waals surface area (Å²) in [6.07, 6.45) is 1.01. The Kier molecular flexibility index (Phi) is 6.54. The lowest BCUT2D eigenvalue weighted by Gasteiger charge is -2.45. The zero-order chi connectivity index (χ0) is 17.2. The Hall–Kier alpha value is -0.530. The second-order valence-corrected chi connectivity index (χ2v) is 9.26. The number of hydrogen-bond acceptors (Lipinski definition) is 1. The highest BCUT2D eigenvalue weighted by Gasteiger charge is 2.46. The Morgan fingerprint density at radius 3 is 1.67 bits per heavy atom. The van der Waals surface area contributed by atoms with Gasteiger partial charge in [0.05, 0.1) is 0 Å². The van der Waals surface area contributed by atoms with Crippen molar-refractivity contribution >= 4 is 5.91 Å². The molecule has 0 aliphatic heterocycles. The number of nitrogens with one attached hydrogen (secondary N) is 1. The Bertz CT molecular complexity index is 351. The molecule has 0 rings (SSSR count). The molecule has 1 amide bonds. The van der Waals surface area contributed by atoms with Crippen LogP contribution in [0.1, 0.15) is 82.6 Å². The average molecular weight is 298 g/mol. The molecular formula is C19H39NO. The van der Waals surface area contributed by atoms with Gasteiger partial charge in [-0.2, -0.15) is 0 Å². The molecular weight excluding hydrogens is 258 g/mol. The fourth-order valence-electron chi connectivity index (χ4n) is 2.57. The van der Waals surface area contributed by atoms with E-state index in [4.69, 9.17) is 0 Å². The molecule has 0 aromatic heterocycles. The molecule has 0 aliphatic carbocycles. The van der Waals surface area contributed by atoms with Crippen LogP contribution in [0.5, 0.6) is 0 Å². The van der Waals surface area contributed by atoms with Crippen molar-refractivity contribution < 1.29 is 4.79 Å². The highest BCUT2D eigenvalue weighted by molar-refractivity contribution is 5.83. The summed E-state index contributed by atoms with van der Waals surface area (Å²) < 4.78 is 0. The zero-order valence-electron chi connectivity index (χ0n) is 16.3.